The Kier molecular flexibility index (Phi) is 5.29. The van der Waals surface area contributed by atoms with E-state index in [9.17, 15) is 13.2 Å². The zero-order valence-corrected chi connectivity index (χ0v) is 16.4. The maximum atomic E-state index is 12.5. The Bertz CT molecular complexity index is 1030. The number of anilines is 1. The Morgan fingerprint density at radius 2 is 1.83 bits per heavy atom. The second-order valence-corrected chi connectivity index (χ2v) is 7.04. The van der Waals surface area contributed by atoms with Crippen molar-refractivity contribution in [3.05, 3.63) is 65.4 Å². The van der Waals surface area contributed by atoms with Gasteiger partial charge in [-0.05, 0) is 24.6 Å². The molecule has 1 aliphatic rings. The second kappa shape index (κ2) is 7.91. The number of benzene rings is 2. The molecule has 0 N–H and O–H groups in total. The number of aryl methyl sites for hydroxylation is 1. The first-order valence-corrected chi connectivity index (χ1v) is 9.26. The van der Waals surface area contributed by atoms with Gasteiger partial charge in [-0.3, -0.25) is 4.57 Å². The van der Waals surface area contributed by atoms with Gasteiger partial charge in [0.25, 0.3) is 0 Å². The van der Waals surface area contributed by atoms with Crippen LogP contribution in [-0.2, 0) is 17.9 Å². The van der Waals surface area contributed by atoms with E-state index < -0.39 is 6.36 Å². The highest BCUT2D eigenvalue weighted by Gasteiger charge is 2.31. The lowest BCUT2D eigenvalue weighted by molar-refractivity contribution is -0.274. The van der Waals surface area contributed by atoms with Gasteiger partial charge < -0.3 is 19.1 Å². The molecule has 0 saturated carbocycles. The van der Waals surface area contributed by atoms with Gasteiger partial charge in [0.15, 0.2) is 5.82 Å². The number of hydrogen-bond donors (Lipinski definition) is 0. The van der Waals surface area contributed by atoms with Gasteiger partial charge in [-0.15, -0.1) is 13.2 Å². The van der Waals surface area contributed by atoms with Crippen LogP contribution in [0.3, 0.4) is 0 Å². The molecule has 30 heavy (non-hydrogen) atoms. The number of aromatic nitrogens is 2. The fourth-order valence-electron chi connectivity index (χ4n) is 3.20. The van der Waals surface area contributed by atoms with Gasteiger partial charge in [-0.1, -0.05) is 35.9 Å². The zero-order chi connectivity index (χ0) is 21.3. The predicted octanol–water partition coefficient (Wildman–Crippen LogP) is 4.85. The summed E-state index contributed by atoms with van der Waals surface area (Å²) in [5.74, 6) is 0.542. The third-order valence-electron chi connectivity index (χ3n) is 4.61. The van der Waals surface area contributed by atoms with Crippen LogP contribution < -0.4 is 14.4 Å². The SMILES string of the molecule is Cc1ccc(Cn2c(Oc3cccc(OC(F)(F)F)c3)nc3c2COCN3C)cc1. The molecular weight excluding hydrogens is 399 g/mol. The highest BCUT2D eigenvalue weighted by atomic mass is 19.4. The van der Waals surface area contributed by atoms with E-state index in [1.54, 1.807) is 6.07 Å². The molecule has 0 fully saturated rings. The van der Waals surface area contributed by atoms with E-state index >= 15 is 0 Å². The topological polar surface area (TPSA) is 48.8 Å². The molecule has 0 spiro atoms. The van der Waals surface area contributed by atoms with Gasteiger partial charge in [0.1, 0.15) is 18.2 Å². The first-order chi connectivity index (χ1) is 14.3. The molecule has 3 aromatic rings. The van der Waals surface area contributed by atoms with E-state index in [1.165, 1.54) is 18.2 Å². The van der Waals surface area contributed by atoms with Crippen LogP contribution in [0.2, 0.25) is 0 Å². The lowest BCUT2D eigenvalue weighted by atomic mass is 10.1. The molecule has 0 unspecified atom stereocenters. The van der Waals surface area contributed by atoms with E-state index in [0.29, 0.717) is 25.7 Å². The molecule has 0 atom stereocenters. The number of halogens is 3. The van der Waals surface area contributed by atoms with Crippen molar-refractivity contribution in [2.45, 2.75) is 26.4 Å². The number of hydrogen-bond acceptors (Lipinski definition) is 5. The molecule has 4 rings (SSSR count). The average molecular weight is 419 g/mol. The normalized spacial score (nSPS) is 13.8. The smallest absolute Gasteiger partial charge is 0.425 e. The van der Waals surface area contributed by atoms with E-state index in [2.05, 4.69) is 9.72 Å². The molecule has 1 aromatic heterocycles. The number of rotatable bonds is 5. The molecule has 0 aliphatic carbocycles. The Hall–Kier alpha value is -3.20. The van der Waals surface area contributed by atoms with Crippen molar-refractivity contribution in [2.75, 3.05) is 18.7 Å². The average Bonchev–Trinajstić information content (AvgIpc) is 3.01. The van der Waals surface area contributed by atoms with E-state index in [-0.39, 0.29) is 17.5 Å². The molecule has 0 bridgehead atoms. The van der Waals surface area contributed by atoms with Crippen LogP contribution in [0.15, 0.2) is 48.5 Å². The highest BCUT2D eigenvalue weighted by Crippen LogP contribution is 2.34. The summed E-state index contributed by atoms with van der Waals surface area (Å²) in [4.78, 5) is 6.42. The molecule has 158 valence electrons. The van der Waals surface area contributed by atoms with Gasteiger partial charge in [-0.2, -0.15) is 4.98 Å². The first kappa shape index (κ1) is 20.1. The number of nitrogens with zero attached hydrogens (tertiary/aromatic N) is 3. The monoisotopic (exact) mass is 419 g/mol. The van der Waals surface area contributed by atoms with Crippen molar-refractivity contribution in [1.82, 2.24) is 9.55 Å². The minimum absolute atomic E-state index is 0.188. The first-order valence-electron chi connectivity index (χ1n) is 9.26. The van der Waals surface area contributed by atoms with Crippen LogP contribution in [0.25, 0.3) is 0 Å². The van der Waals surface area contributed by atoms with Gasteiger partial charge in [0, 0.05) is 13.1 Å². The van der Waals surface area contributed by atoms with Crippen molar-refractivity contribution in [3.63, 3.8) is 0 Å². The zero-order valence-electron chi connectivity index (χ0n) is 16.4. The Morgan fingerprint density at radius 1 is 1.10 bits per heavy atom. The third-order valence-corrected chi connectivity index (χ3v) is 4.61. The van der Waals surface area contributed by atoms with E-state index in [1.807, 2.05) is 47.7 Å². The maximum absolute atomic E-state index is 12.5. The van der Waals surface area contributed by atoms with Crippen molar-refractivity contribution in [2.24, 2.45) is 0 Å². The van der Waals surface area contributed by atoms with Crippen LogP contribution in [0, 0.1) is 6.92 Å². The van der Waals surface area contributed by atoms with Crippen LogP contribution in [0.5, 0.6) is 17.5 Å². The summed E-state index contributed by atoms with van der Waals surface area (Å²) in [6.07, 6.45) is -4.78. The number of alkyl halides is 3. The van der Waals surface area contributed by atoms with E-state index in [0.717, 1.165) is 16.8 Å². The molecule has 2 aromatic carbocycles. The largest absolute Gasteiger partial charge is 0.573 e. The second-order valence-electron chi connectivity index (χ2n) is 7.04. The Labute approximate surface area is 171 Å². The number of ether oxygens (including phenoxy) is 3. The highest BCUT2D eigenvalue weighted by molar-refractivity contribution is 5.48. The molecule has 2 heterocycles. The molecule has 9 heteroatoms. The molecular formula is C21H20F3N3O3. The summed E-state index contributed by atoms with van der Waals surface area (Å²) in [5, 5.41) is 0. The van der Waals surface area contributed by atoms with Gasteiger partial charge in [-0.25, -0.2) is 0 Å². The fourth-order valence-corrected chi connectivity index (χ4v) is 3.20. The lowest BCUT2D eigenvalue weighted by Crippen LogP contribution is -2.27. The Balaban J connectivity index is 1.67. The predicted molar refractivity (Wildman–Crippen MR) is 104 cm³/mol. The van der Waals surface area contributed by atoms with Crippen molar-refractivity contribution in [1.29, 1.82) is 0 Å². The number of fused-ring (bicyclic) bond motifs is 1. The molecule has 1 aliphatic heterocycles. The summed E-state index contributed by atoms with van der Waals surface area (Å²) in [5.41, 5.74) is 3.02. The standard InChI is InChI=1S/C21H20F3N3O3/c1-14-6-8-15(9-7-14)11-27-18-12-28-13-26(2)19(18)25-20(27)29-16-4-3-5-17(10-16)30-21(22,23)24/h3-10H,11-13H2,1-2H3. The minimum Gasteiger partial charge on any atom is -0.425 e. The summed E-state index contributed by atoms with van der Waals surface area (Å²) in [6.45, 7) is 3.24. The summed E-state index contributed by atoms with van der Waals surface area (Å²) in [6, 6.07) is 13.7. The minimum atomic E-state index is -4.78. The van der Waals surface area contributed by atoms with Crippen LogP contribution in [-0.4, -0.2) is 29.7 Å². The Morgan fingerprint density at radius 3 is 2.57 bits per heavy atom. The summed E-state index contributed by atoms with van der Waals surface area (Å²) >= 11 is 0. The van der Waals surface area contributed by atoms with E-state index in [4.69, 9.17) is 9.47 Å². The fraction of sp³-hybridized carbons (Fsp3) is 0.286. The molecule has 0 radical (unpaired) electrons. The third kappa shape index (κ3) is 4.51. The van der Waals surface area contributed by atoms with Gasteiger partial charge in [0.05, 0.1) is 18.8 Å². The number of imidazole rings is 1. The van der Waals surface area contributed by atoms with Gasteiger partial charge >= 0.3 is 12.4 Å². The summed E-state index contributed by atoms with van der Waals surface area (Å²) < 4.78 is 54.9. The summed E-state index contributed by atoms with van der Waals surface area (Å²) in [7, 11) is 1.85. The lowest BCUT2D eigenvalue weighted by Gasteiger charge is -2.24. The molecule has 6 nitrogen and oxygen atoms in total. The van der Waals surface area contributed by atoms with Crippen LogP contribution in [0.1, 0.15) is 16.8 Å². The maximum Gasteiger partial charge on any atom is 0.573 e. The van der Waals surface area contributed by atoms with Crippen molar-refractivity contribution in [3.8, 4) is 17.5 Å². The van der Waals surface area contributed by atoms with Crippen molar-refractivity contribution >= 4 is 5.82 Å². The van der Waals surface area contributed by atoms with Gasteiger partial charge in [0.2, 0.25) is 0 Å². The van der Waals surface area contributed by atoms with Crippen LogP contribution >= 0.6 is 0 Å². The molecule has 0 saturated heterocycles. The quantitative estimate of drug-likeness (QED) is 0.592. The van der Waals surface area contributed by atoms with Crippen LogP contribution in [0.4, 0.5) is 19.0 Å². The molecule has 0 amide bonds. The van der Waals surface area contributed by atoms with Crippen molar-refractivity contribution < 1.29 is 27.4 Å².